The molecule has 22 heavy (non-hydrogen) atoms. The molecule has 0 spiro atoms. The Bertz CT molecular complexity index is 658. The van der Waals surface area contributed by atoms with Crippen LogP contribution in [0, 0.1) is 0 Å². The predicted octanol–water partition coefficient (Wildman–Crippen LogP) is 2.63. The number of nitrogens with one attached hydrogen (secondary N) is 2. The van der Waals surface area contributed by atoms with Gasteiger partial charge in [-0.15, -0.1) is 0 Å². The zero-order valence-electron chi connectivity index (χ0n) is 12.3. The summed E-state index contributed by atoms with van der Waals surface area (Å²) in [6, 6.07) is 15.5. The van der Waals surface area contributed by atoms with E-state index in [4.69, 9.17) is 9.47 Å². The first-order valence-corrected chi connectivity index (χ1v) is 7.15. The van der Waals surface area contributed by atoms with Gasteiger partial charge in [0.15, 0.2) is 11.5 Å². The molecule has 0 radical (unpaired) electrons. The first-order valence-electron chi connectivity index (χ1n) is 7.15. The maximum absolute atomic E-state index is 11.2. The molecule has 2 N–H and O–H groups in total. The van der Waals surface area contributed by atoms with E-state index in [-0.39, 0.29) is 12.1 Å². The van der Waals surface area contributed by atoms with Crippen molar-refractivity contribution in [2.75, 3.05) is 13.7 Å². The fourth-order valence-electron chi connectivity index (χ4n) is 2.41. The second-order valence-electron chi connectivity index (χ2n) is 5.09. The minimum absolute atomic E-state index is 0.0374. The molecule has 0 aromatic heterocycles. The van der Waals surface area contributed by atoms with E-state index in [0.29, 0.717) is 24.7 Å². The van der Waals surface area contributed by atoms with Gasteiger partial charge >= 0.3 is 6.03 Å². The number of hydrogen-bond donors (Lipinski definition) is 2. The van der Waals surface area contributed by atoms with Crippen LogP contribution < -0.4 is 20.1 Å². The third-order valence-corrected chi connectivity index (χ3v) is 3.60. The van der Waals surface area contributed by atoms with Gasteiger partial charge in [-0.3, -0.25) is 0 Å². The zero-order chi connectivity index (χ0) is 15.4. The van der Waals surface area contributed by atoms with Crippen molar-refractivity contribution in [1.82, 2.24) is 10.6 Å². The molecule has 1 aliphatic rings. The molecule has 0 aliphatic carbocycles. The first-order chi connectivity index (χ1) is 10.8. The van der Waals surface area contributed by atoms with E-state index in [1.165, 1.54) is 0 Å². The van der Waals surface area contributed by atoms with E-state index in [2.05, 4.69) is 10.6 Å². The number of amides is 2. The summed E-state index contributed by atoms with van der Waals surface area (Å²) in [7, 11) is 1.61. The monoisotopic (exact) mass is 298 g/mol. The molecule has 2 amide bonds. The highest BCUT2D eigenvalue weighted by Gasteiger charge is 2.22. The van der Waals surface area contributed by atoms with Crippen molar-refractivity contribution in [3.63, 3.8) is 0 Å². The molecular weight excluding hydrogens is 280 g/mol. The van der Waals surface area contributed by atoms with Gasteiger partial charge < -0.3 is 20.1 Å². The lowest BCUT2D eigenvalue weighted by molar-refractivity contribution is 0.247. The van der Waals surface area contributed by atoms with Crippen LogP contribution >= 0.6 is 0 Å². The number of carbonyl (C=O) groups excluding carboxylic acids is 1. The van der Waals surface area contributed by atoms with Gasteiger partial charge in [-0.2, -0.15) is 0 Å². The maximum Gasteiger partial charge on any atom is 0.315 e. The quantitative estimate of drug-likeness (QED) is 0.892. The number of rotatable bonds is 5. The molecule has 0 saturated carbocycles. The average Bonchev–Trinajstić information content (AvgIpc) is 3.00. The molecule has 0 unspecified atom stereocenters. The second-order valence-corrected chi connectivity index (χ2v) is 5.09. The maximum atomic E-state index is 11.2. The van der Waals surface area contributed by atoms with Gasteiger partial charge in [-0.25, -0.2) is 4.79 Å². The van der Waals surface area contributed by atoms with E-state index in [1.54, 1.807) is 7.11 Å². The number of ether oxygens (including phenoxy) is 2. The molecule has 1 heterocycles. The topological polar surface area (TPSA) is 59.6 Å². The number of benzene rings is 2. The molecule has 1 aliphatic heterocycles. The summed E-state index contributed by atoms with van der Waals surface area (Å²) in [4.78, 5) is 11.2. The van der Waals surface area contributed by atoms with Crippen LogP contribution in [0.4, 0.5) is 4.79 Å². The van der Waals surface area contributed by atoms with Crippen LogP contribution in [-0.4, -0.2) is 19.7 Å². The Labute approximate surface area is 129 Å². The molecule has 0 bridgehead atoms. The Morgan fingerprint density at radius 3 is 2.64 bits per heavy atom. The van der Waals surface area contributed by atoms with Crippen molar-refractivity contribution >= 4 is 6.03 Å². The summed E-state index contributed by atoms with van der Waals surface area (Å²) in [6.45, 7) is 1.06. The van der Waals surface area contributed by atoms with Crippen molar-refractivity contribution in [1.29, 1.82) is 0 Å². The Morgan fingerprint density at radius 2 is 1.95 bits per heavy atom. The fourth-order valence-corrected chi connectivity index (χ4v) is 2.41. The van der Waals surface area contributed by atoms with Gasteiger partial charge in [0.25, 0.3) is 0 Å². The molecule has 5 heteroatoms. The van der Waals surface area contributed by atoms with Crippen molar-refractivity contribution in [3.05, 3.63) is 59.7 Å². The largest absolute Gasteiger partial charge is 0.493 e. The standard InChI is InChI=1S/C17H18N2O3/c1-21-16-9-13(14-10-18-17(20)19-14)7-8-15(16)22-11-12-5-3-2-4-6-12/h2-9,14H,10-11H2,1H3,(H2,18,19,20)/t14-/m0/s1. The van der Waals surface area contributed by atoms with Crippen LogP contribution in [0.3, 0.4) is 0 Å². The van der Waals surface area contributed by atoms with Gasteiger partial charge in [-0.1, -0.05) is 36.4 Å². The molecule has 2 aromatic carbocycles. The molecule has 1 saturated heterocycles. The number of urea groups is 1. The molecule has 5 nitrogen and oxygen atoms in total. The second kappa shape index (κ2) is 6.39. The lowest BCUT2D eigenvalue weighted by Crippen LogP contribution is -2.21. The predicted molar refractivity (Wildman–Crippen MR) is 83.0 cm³/mol. The Morgan fingerprint density at radius 1 is 1.14 bits per heavy atom. The SMILES string of the molecule is COc1cc([C@@H]2CNC(=O)N2)ccc1OCc1ccccc1. The lowest BCUT2D eigenvalue weighted by atomic mass is 10.1. The zero-order valence-corrected chi connectivity index (χ0v) is 12.3. The number of methoxy groups -OCH3 is 1. The van der Waals surface area contributed by atoms with Gasteiger partial charge in [0, 0.05) is 6.54 Å². The molecule has 1 atom stereocenters. The number of hydrogen-bond acceptors (Lipinski definition) is 3. The molecule has 114 valence electrons. The van der Waals surface area contributed by atoms with E-state index in [0.717, 1.165) is 11.1 Å². The van der Waals surface area contributed by atoms with E-state index < -0.39 is 0 Å². The summed E-state index contributed by atoms with van der Waals surface area (Å²) in [5.41, 5.74) is 2.09. The summed E-state index contributed by atoms with van der Waals surface area (Å²) < 4.78 is 11.2. The molecule has 3 rings (SSSR count). The Balaban J connectivity index is 1.73. The highest BCUT2D eigenvalue weighted by Crippen LogP contribution is 2.31. The average molecular weight is 298 g/mol. The summed E-state index contributed by atoms with van der Waals surface area (Å²) >= 11 is 0. The van der Waals surface area contributed by atoms with Gasteiger partial charge in [-0.05, 0) is 23.3 Å². The third-order valence-electron chi connectivity index (χ3n) is 3.60. The van der Waals surface area contributed by atoms with Crippen molar-refractivity contribution in [2.45, 2.75) is 12.6 Å². The van der Waals surface area contributed by atoms with Crippen LogP contribution in [0.1, 0.15) is 17.2 Å². The van der Waals surface area contributed by atoms with E-state index in [1.807, 2.05) is 48.5 Å². The van der Waals surface area contributed by atoms with Crippen molar-refractivity contribution < 1.29 is 14.3 Å². The highest BCUT2D eigenvalue weighted by molar-refractivity contribution is 5.77. The van der Waals surface area contributed by atoms with Crippen molar-refractivity contribution in [2.24, 2.45) is 0 Å². The van der Waals surface area contributed by atoms with Crippen LogP contribution in [0.2, 0.25) is 0 Å². The Kier molecular flexibility index (Phi) is 4.14. The summed E-state index contributed by atoms with van der Waals surface area (Å²) in [6.07, 6.45) is 0. The first kappa shape index (κ1) is 14.3. The normalized spacial score (nSPS) is 16.8. The highest BCUT2D eigenvalue weighted by atomic mass is 16.5. The molecular formula is C17H18N2O3. The molecule has 2 aromatic rings. The molecule has 1 fully saturated rings. The van der Waals surface area contributed by atoms with Crippen molar-refractivity contribution in [3.8, 4) is 11.5 Å². The lowest BCUT2D eigenvalue weighted by Gasteiger charge is -2.14. The van der Waals surface area contributed by atoms with Crippen LogP contribution in [0.15, 0.2) is 48.5 Å². The van der Waals surface area contributed by atoms with Crippen LogP contribution in [0.5, 0.6) is 11.5 Å². The fraction of sp³-hybridized carbons (Fsp3) is 0.235. The Hall–Kier alpha value is -2.69. The van der Waals surface area contributed by atoms with Gasteiger partial charge in [0.2, 0.25) is 0 Å². The smallest absolute Gasteiger partial charge is 0.315 e. The van der Waals surface area contributed by atoms with Crippen LogP contribution in [0.25, 0.3) is 0 Å². The van der Waals surface area contributed by atoms with Gasteiger partial charge in [0.1, 0.15) is 6.61 Å². The summed E-state index contributed by atoms with van der Waals surface area (Å²) in [5.74, 6) is 1.35. The minimum Gasteiger partial charge on any atom is -0.493 e. The van der Waals surface area contributed by atoms with Gasteiger partial charge in [0.05, 0.1) is 13.2 Å². The van der Waals surface area contributed by atoms with E-state index in [9.17, 15) is 4.79 Å². The third kappa shape index (κ3) is 3.14. The van der Waals surface area contributed by atoms with Crippen LogP contribution in [-0.2, 0) is 6.61 Å². The number of carbonyl (C=O) groups is 1. The summed E-state index contributed by atoms with van der Waals surface area (Å²) in [5, 5.41) is 5.60. The minimum atomic E-state index is -0.145. The van der Waals surface area contributed by atoms with E-state index >= 15 is 0 Å².